The summed E-state index contributed by atoms with van der Waals surface area (Å²) in [7, 11) is 1.67. The molecule has 2 rings (SSSR count). The Morgan fingerprint density at radius 1 is 1.52 bits per heavy atom. The molecule has 2 aromatic rings. The van der Waals surface area contributed by atoms with Crippen LogP contribution in [0.25, 0.3) is 0 Å². The van der Waals surface area contributed by atoms with E-state index in [0.717, 1.165) is 12.1 Å². The summed E-state index contributed by atoms with van der Waals surface area (Å²) in [4.78, 5) is 8.27. The van der Waals surface area contributed by atoms with Crippen molar-refractivity contribution in [3.63, 3.8) is 0 Å². The van der Waals surface area contributed by atoms with E-state index in [1.54, 1.807) is 13.1 Å². The lowest BCUT2D eigenvalue weighted by atomic mass is 10.1. The number of pyridine rings is 1. The molecule has 7 nitrogen and oxygen atoms in total. The molecule has 2 heterocycles. The number of aromatic nitrogens is 3. The highest BCUT2D eigenvalue weighted by molar-refractivity contribution is 7.99. The monoisotopic (exact) mass is 331 g/mol. The summed E-state index contributed by atoms with van der Waals surface area (Å²) in [6.45, 7) is 4.21. The maximum absolute atomic E-state index is 11.9. The van der Waals surface area contributed by atoms with Crippen molar-refractivity contribution in [2.45, 2.75) is 25.3 Å². The fourth-order valence-corrected chi connectivity index (χ4v) is 2.63. The minimum absolute atomic E-state index is 0.0806. The molecular formula is C15H17N5O2S. The molecule has 0 aliphatic rings. The third kappa shape index (κ3) is 5.07. The van der Waals surface area contributed by atoms with Gasteiger partial charge >= 0.3 is 5.88 Å². The zero-order chi connectivity index (χ0) is 16.8. The number of hydrogen-bond donors (Lipinski definition) is 0. The smallest absolute Gasteiger partial charge is 0.320 e. The lowest BCUT2D eigenvalue weighted by molar-refractivity contribution is -0.739. The highest BCUT2D eigenvalue weighted by atomic mass is 32.2. The molecule has 0 bridgehead atoms. The van der Waals surface area contributed by atoms with Crippen LogP contribution < -0.4 is 9.79 Å². The minimum atomic E-state index is -0.369. The predicted molar refractivity (Wildman–Crippen MR) is 83.0 cm³/mol. The number of nitriles is 1. The summed E-state index contributed by atoms with van der Waals surface area (Å²) in [5.74, 6) is 0.334. The van der Waals surface area contributed by atoms with Gasteiger partial charge in [-0.05, 0) is 30.4 Å². The highest BCUT2D eigenvalue weighted by Crippen LogP contribution is 2.21. The summed E-state index contributed by atoms with van der Waals surface area (Å²) in [5.41, 5.74) is 1.37. The second-order valence-corrected chi connectivity index (χ2v) is 6.34. The Balaban J connectivity index is 2.09. The Morgan fingerprint density at radius 2 is 2.30 bits per heavy atom. The zero-order valence-electron chi connectivity index (χ0n) is 13.2. The van der Waals surface area contributed by atoms with Crippen LogP contribution in [0.1, 0.15) is 25.1 Å². The lowest BCUT2D eigenvalue weighted by Crippen LogP contribution is -2.27. The molecule has 0 atom stereocenters. The van der Waals surface area contributed by atoms with Crippen molar-refractivity contribution in [1.82, 2.24) is 10.3 Å². The molecule has 0 fully saturated rings. The van der Waals surface area contributed by atoms with E-state index < -0.39 is 0 Å². The summed E-state index contributed by atoms with van der Waals surface area (Å²) in [5, 5.41) is 25.2. The Morgan fingerprint density at radius 3 is 2.91 bits per heavy atom. The van der Waals surface area contributed by atoms with Gasteiger partial charge in [0.25, 0.3) is 6.20 Å². The van der Waals surface area contributed by atoms with Crippen LogP contribution in [0.2, 0.25) is 0 Å². The maximum atomic E-state index is 11.9. The lowest BCUT2D eigenvalue weighted by Gasteiger charge is -2.11. The van der Waals surface area contributed by atoms with Crippen LogP contribution in [0, 0.1) is 17.2 Å². The van der Waals surface area contributed by atoms with Gasteiger partial charge < -0.3 is 5.11 Å². The number of aryl methyl sites for hydroxylation is 1. The van der Waals surface area contributed by atoms with Gasteiger partial charge in [-0.1, -0.05) is 30.3 Å². The number of thioether (sulfide) groups is 1. The Kier molecular flexibility index (Phi) is 5.71. The average Bonchev–Trinajstić information content (AvgIpc) is 2.90. The van der Waals surface area contributed by atoms with E-state index in [9.17, 15) is 5.11 Å². The fraction of sp³-hybridized carbons (Fsp3) is 0.400. The van der Waals surface area contributed by atoms with E-state index in [0.29, 0.717) is 16.5 Å². The Labute approximate surface area is 138 Å². The first-order valence-electron chi connectivity index (χ1n) is 7.08. The fourth-order valence-electron chi connectivity index (χ4n) is 1.85. The first-order chi connectivity index (χ1) is 11.0. The van der Waals surface area contributed by atoms with Crippen molar-refractivity contribution in [3.05, 3.63) is 29.6 Å². The molecule has 0 amide bonds. The molecule has 8 heteroatoms. The van der Waals surface area contributed by atoms with Gasteiger partial charge in [-0.2, -0.15) is 5.26 Å². The molecule has 23 heavy (non-hydrogen) atoms. The molecule has 0 radical (unpaired) electrons. The number of nitrogens with zero attached hydrogens (tertiary/aromatic N) is 5. The zero-order valence-corrected chi connectivity index (χ0v) is 14.0. The quantitative estimate of drug-likeness (QED) is 0.340. The second-order valence-electron chi connectivity index (χ2n) is 5.37. The van der Waals surface area contributed by atoms with E-state index in [2.05, 4.69) is 35.2 Å². The Bertz CT molecular complexity index is 749. The summed E-state index contributed by atoms with van der Waals surface area (Å²) in [6.07, 6.45) is 2.33. The van der Waals surface area contributed by atoms with Crippen molar-refractivity contribution in [3.8, 4) is 6.07 Å². The van der Waals surface area contributed by atoms with E-state index in [-0.39, 0.29) is 17.5 Å². The third-order valence-electron chi connectivity index (χ3n) is 2.78. The molecule has 0 N–H and O–H groups in total. The number of rotatable bonds is 6. The molecular weight excluding hydrogens is 314 g/mol. The van der Waals surface area contributed by atoms with E-state index in [4.69, 9.17) is 9.78 Å². The van der Waals surface area contributed by atoms with Crippen molar-refractivity contribution in [2.75, 3.05) is 5.75 Å². The summed E-state index contributed by atoms with van der Waals surface area (Å²) >= 11 is 1.20. The van der Waals surface area contributed by atoms with Crippen LogP contribution in [0.4, 0.5) is 5.88 Å². The standard InChI is InChI=1S/C15H17N5O2S/c1-10(2)6-12-5-4-11(7-16)15(17-12)23-9-13(21)18-14-8-20(3)19-22-14/h4-5,8,10H,6,9H2,1-3H3. The number of aliphatic imine (C=N–C) groups is 1. The molecule has 0 aromatic carbocycles. The first-order valence-corrected chi connectivity index (χ1v) is 8.06. The topological polar surface area (TPSA) is 102 Å². The summed E-state index contributed by atoms with van der Waals surface area (Å²) in [6, 6.07) is 5.69. The minimum Gasteiger partial charge on any atom is -0.861 e. The van der Waals surface area contributed by atoms with Gasteiger partial charge in [-0.15, -0.1) is 0 Å². The SMILES string of the molecule is CC(C)Cc1ccc(C#N)c(SC/C([O-])=N/c2c[n+](C)no2)n1. The Hall–Kier alpha value is -2.40. The molecule has 0 aliphatic carbocycles. The molecule has 2 aromatic heterocycles. The largest absolute Gasteiger partial charge is 0.861 e. The van der Waals surface area contributed by atoms with E-state index in [1.807, 2.05) is 6.07 Å². The predicted octanol–water partition coefficient (Wildman–Crippen LogP) is 1.15. The van der Waals surface area contributed by atoms with Gasteiger partial charge in [0.15, 0.2) is 12.3 Å². The van der Waals surface area contributed by atoms with Gasteiger partial charge in [0.05, 0.1) is 5.56 Å². The maximum Gasteiger partial charge on any atom is 0.320 e. The normalized spacial score (nSPS) is 11.7. The van der Waals surface area contributed by atoms with Crippen LogP contribution in [0.15, 0.2) is 32.9 Å². The van der Waals surface area contributed by atoms with E-state index >= 15 is 0 Å². The van der Waals surface area contributed by atoms with E-state index in [1.165, 1.54) is 22.6 Å². The number of hydrogen-bond acceptors (Lipinski definition) is 7. The van der Waals surface area contributed by atoms with Crippen LogP contribution in [0.3, 0.4) is 0 Å². The molecule has 120 valence electrons. The van der Waals surface area contributed by atoms with Gasteiger partial charge in [0.2, 0.25) is 0 Å². The van der Waals surface area contributed by atoms with Crippen molar-refractivity contribution >= 4 is 23.5 Å². The van der Waals surface area contributed by atoms with Crippen LogP contribution in [0.5, 0.6) is 0 Å². The first kappa shape index (κ1) is 17.0. The third-order valence-corrected chi connectivity index (χ3v) is 3.76. The van der Waals surface area contributed by atoms with Crippen LogP contribution in [-0.4, -0.2) is 21.9 Å². The molecule has 0 saturated carbocycles. The van der Waals surface area contributed by atoms with Crippen LogP contribution in [-0.2, 0) is 13.5 Å². The molecule has 0 saturated heterocycles. The highest BCUT2D eigenvalue weighted by Gasteiger charge is 2.09. The second kappa shape index (κ2) is 7.74. The average molecular weight is 331 g/mol. The van der Waals surface area contributed by atoms with Gasteiger partial charge in [0.1, 0.15) is 11.1 Å². The van der Waals surface area contributed by atoms with Gasteiger partial charge in [-0.3, -0.25) is 4.52 Å². The molecule has 0 aliphatic heterocycles. The van der Waals surface area contributed by atoms with Crippen LogP contribution >= 0.6 is 11.8 Å². The molecule has 0 unspecified atom stereocenters. The van der Waals surface area contributed by atoms with Crippen molar-refractivity contribution < 1.29 is 14.3 Å². The molecule has 0 spiro atoms. The summed E-state index contributed by atoms with van der Waals surface area (Å²) < 4.78 is 6.26. The van der Waals surface area contributed by atoms with Gasteiger partial charge in [0, 0.05) is 11.4 Å². The van der Waals surface area contributed by atoms with Crippen molar-refractivity contribution in [2.24, 2.45) is 18.0 Å². The van der Waals surface area contributed by atoms with Gasteiger partial charge in [-0.25, -0.2) is 9.98 Å². The van der Waals surface area contributed by atoms with Crippen molar-refractivity contribution in [1.29, 1.82) is 5.26 Å².